The van der Waals surface area contributed by atoms with Crippen molar-refractivity contribution in [3.05, 3.63) is 93.8 Å². The predicted octanol–water partition coefficient (Wildman–Crippen LogP) is 5.82. The van der Waals surface area contributed by atoms with Gasteiger partial charge in [-0.1, -0.05) is 29.8 Å². The lowest BCUT2D eigenvalue weighted by atomic mass is 10.1. The Kier molecular flexibility index (Phi) is 6.02. The van der Waals surface area contributed by atoms with Crippen LogP contribution < -0.4 is 10.6 Å². The Bertz CT molecular complexity index is 1240. The van der Waals surface area contributed by atoms with Crippen molar-refractivity contribution in [2.45, 2.75) is 20.3 Å². The number of benzene rings is 3. The minimum Gasteiger partial charge on any atom is -0.440 e. The highest BCUT2D eigenvalue weighted by molar-refractivity contribution is 7.80. The van der Waals surface area contributed by atoms with Crippen LogP contribution in [0.15, 0.2) is 65.1 Å². The molecule has 0 saturated heterocycles. The molecule has 0 aliphatic rings. The van der Waals surface area contributed by atoms with Crippen LogP contribution in [0.4, 0.5) is 5.69 Å². The van der Waals surface area contributed by atoms with Crippen LogP contribution >= 0.6 is 23.8 Å². The summed E-state index contributed by atoms with van der Waals surface area (Å²) in [6, 6.07) is 18.5. The molecule has 0 aliphatic heterocycles. The first-order valence-electron chi connectivity index (χ1n) is 9.71. The number of oxazole rings is 1. The van der Waals surface area contributed by atoms with Crippen molar-refractivity contribution >= 4 is 51.6 Å². The van der Waals surface area contributed by atoms with Gasteiger partial charge in [0.25, 0.3) is 5.91 Å². The first-order valence-corrected chi connectivity index (χ1v) is 10.5. The van der Waals surface area contributed by atoms with E-state index in [-0.39, 0.29) is 11.0 Å². The maximum absolute atomic E-state index is 12.3. The van der Waals surface area contributed by atoms with Gasteiger partial charge in [0.1, 0.15) is 5.52 Å². The van der Waals surface area contributed by atoms with E-state index < -0.39 is 0 Å². The van der Waals surface area contributed by atoms with Crippen LogP contribution in [0.3, 0.4) is 0 Å². The highest BCUT2D eigenvalue weighted by Crippen LogP contribution is 2.22. The molecule has 0 fully saturated rings. The minimum atomic E-state index is -0.321. The number of nitrogens with one attached hydrogen (secondary N) is 2. The standard InChI is InChI=1S/C24H20ClN3O2S/c1-14-10-20-21(11-15(14)2)30-22(27-20)12-16-6-8-19(9-7-16)26-24(31)28-23(29)17-4-3-5-18(25)13-17/h3-11,13H,12H2,1-2H3,(H2,26,28,29,31). The van der Waals surface area contributed by atoms with Crippen molar-refractivity contribution in [2.75, 3.05) is 5.32 Å². The summed E-state index contributed by atoms with van der Waals surface area (Å²) >= 11 is 11.2. The fourth-order valence-corrected chi connectivity index (χ4v) is 3.55. The Morgan fingerprint density at radius 3 is 2.55 bits per heavy atom. The first kappa shape index (κ1) is 21.0. The zero-order chi connectivity index (χ0) is 22.0. The van der Waals surface area contributed by atoms with Crippen LogP contribution in [0.25, 0.3) is 11.1 Å². The number of rotatable bonds is 4. The quantitative estimate of drug-likeness (QED) is 0.384. The van der Waals surface area contributed by atoms with E-state index in [2.05, 4.69) is 29.5 Å². The Labute approximate surface area is 190 Å². The van der Waals surface area contributed by atoms with Crippen LogP contribution in [-0.2, 0) is 6.42 Å². The molecule has 5 nitrogen and oxygen atoms in total. The maximum atomic E-state index is 12.3. The van der Waals surface area contributed by atoms with Crippen molar-refractivity contribution in [2.24, 2.45) is 0 Å². The molecular formula is C24H20ClN3O2S. The van der Waals surface area contributed by atoms with Gasteiger partial charge in [0.05, 0.1) is 0 Å². The zero-order valence-electron chi connectivity index (χ0n) is 17.0. The number of carbonyl (C=O) groups is 1. The van der Waals surface area contributed by atoms with Crippen molar-refractivity contribution < 1.29 is 9.21 Å². The number of thiocarbonyl (C=S) groups is 1. The van der Waals surface area contributed by atoms with Gasteiger partial charge in [-0.2, -0.15) is 0 Å². The van der Waals surface area contributed by atoms with Gasteiger partial charge in [0.15, 0.2) is 16.6 Å². The van der Waals surface area contributed by atoms with Crippen LogP contribution in [0.1, 0.15) is 32.9 Å². The summed E-state index contributed by atoms with van der Waals surface area (Å²) in [6.45, 7) is 4.13. The van der Waals surface area contributed by atoms with E-state index in [9.17, 15) is 4.79 Å². The molecule has 4 aromatic rings. The molecule has 0 spiro atoms. The largest absolute Gasteiger partial charge is 0.440 e. The summed E-state index contributed by atoms with van der Waals surface area (Å²) in [6.07, 6.45) is 0.586. The highest BCUT2D eigenvalue weighted by Gasteiger charge is 2.10. The molecule has 4 rings (SSSR count). The second-order valence-corrected chi connectivity index (χ2v) is 8.15. The number of anilines is 1. The zero-order valence-corrected chi connectivity index (χ0v) is 18.6. The maximum Gasteiger partial charge on any atom is 0.257 e. The molecule has 156 valence electrons. The van der Waals surface area contributed by atoms with Gasteiger partial charge in [0, 0.05) is 22.7 Å². The third-order valence-electron chi connectivity index (χ3n) is 4.93. The third kappa shape index (κ3) is 5.10. The number of nitrogens with zero attached hydrogens (tertiary/aromatic N) is 1. The van der Waals surface area contributed by atoms with E-state index in [1.807, 2.05) is 36.4 Å². The second kappa shape index (κ2) is 8.88. The van der Waals surface area contributed by atoms with Gasteiger partial charge in [-0.05, 0) is 85.2 Å². The minimum absolute atomic E-state index is 0.211. The van der Waals surface area contributed by atoms with Gasteiger partial charge in [-0.15, -0.1) is 0 Å². The van der Waals surface area contributed by atoms with E-state index in [0.717, 1.165) is 22.4 Å². The normalized spacial score (nSPS) is 10.8. The molecular weight excluding hydrogens is 430 g/mol. The number of aromatic nitrogens is 1. The van der Waals surface area contributed by atoms with Gasteiger partial charge in [0.2, 0.25) is 0 Å². The summed E-state index contributed by atoms with van der Waals surface area (Å²) in [5.74, 6) is 0.350. The molecule has 0 aliphatic carbocycles. The topological polar surface area (TPSA) is 67.2 Å². The van der Waals surface area contributed by atoms with Crippen molar-refractivity contribution in [1.29, 1.82) is 0 Å². The molecule has 0 bridgehead atoms. The van der Waals surface area contributed by atoms with Crippen molar-refractivity contribution in [3.63, 3.8) is 0 Å². The molecule has 2 N–H and O–H groups in total. The predicted molar refractivity (Wildman–Crippen MR) is 128 cm³/mol. The Morgan fingerprint density at radius 2 is 1.81 bits per heavy atom. The summed E-state index contributed by atoms with van der Waals surface area (Å²) in [5, 5.41) is 6.36. The Balaban J connectivity index is 1.38. The van der Waals surface area contributed by atoms with Gasteiger partial charge in [-0.25, -0.2) is 4.98 Å². The van der Waals surface area contributed by atoms with Crippen molar-refractivity contribution in [1.82, 2.24) is 10.3 Å². The van der Waals surface area contributed by atoms with Gasteiger partial charge in [-0.3, -0.25) is 10.1 Å². The molecule has 0 atom stereocenters. The average molecular weight is 450 g/mol. The van der Waals surface area contributed by atoms with Crippen LogP contribution in [0, 0.1) is 13.8 Å². The summed E-state index contributed by atoms with van der Waals surface area (Å²) < 4.78 is 5.89. The van der Waals surface area contributed by atoms with Crippen LogP contribution in [0.5, 0.6) is 0 Å². The molecule has 0 unspecified atom stereocenters. The Morgan fingerprint density at radius 1 is 1.06 bits per heavy atom. The fraction of sp³-hybridized carbons (Fsp3) is 0.125. The van der Waals surface area contributed by atoms with E-state index >= 15 is 0 Å². The highest BCUT2D eigenvalue weighted by atomic mass is 35.5. The number of carbonyl (C=O) groups excluding carboxylic acids is 1. The van der Waals surface area contributed by atoms with Crippen LogP contribution in [0.2, 0.25) is 5.02 Å². The smallest absolute Gasteiger partial charge is 0.257 e. The number of hydrogen-bond acceptors (Lipinski definition) is 4. The fourth-order valence-electron chi connectivity index (χ4n) is 3.15. The number of hydrogen-bond donors (Lipinski definition) is 2. The number of amides is 1. The average Bonchev–Trinajstić information content (AvgIpc) is 3.10. The monoisotopic (exact) mass is 449 g/mol. The first-order chi connectivity index (χ1) is 14.9. The Hall–Kier alpha value is -3.22. The SMILES string of the molecule is Cc1cc2nc(Cc3ccc(NC(=S)NC(=O)c4cccc(Cl)c4)cc3)oc2cc1C. The van der Waals surface area contributed by atoms with E-state index in [1.54, 1.807) is 24.3 Å². The van der Waals surface area contributed by atoms with Gasteiger partial charge >= 0.3 is 0 Å². The number of fused-ring (bicyclic) bond motifs is 1. The molecule has 31 heavy (non-hydrogen) atoms. The molecule has 0 radical (unpaired) electrons. The summed E-state index contributed by atoms with van der Waals surface area (Å²) in [5.41, 5.74) is 6.32. The molecule has 1 amide bonds. The third-order valence-corrected chi connectivity index (χ3v) is 5.37. The lowest BCUT2D eigenvalue weighted by Crippen LogP contribution is -2.34. The molecule has 7 heteroatoms. The lowest BCUT2D eigenvalue weighted by molar-refractivity contribution is 0.0977. The summed E-state index contributed by atoms with van der Waals surface area (Å²) in [4.78, 5) is 16.8. The van der Waals surface area contributed by atoms with Gasteiger partial charge < -0.3 is 9.73 Å². The van der Waals surface area contributed by atoms with E-state index in [4.69, 9.17) is 28.2 Å². The van der Waals surface area contributed by atoms with E-state index in [1.165, 1.54) is 11.1 Å². The lowest BCUT2D eigenvalue weighted by Gasteiger charge is -2.10. The molecule has 0 saturated carbocycles. The molecule has 3 aromatic carbocycles. The van der Waals surface area contributed by atoms with Crippen LogP contribution in [-0.4, -0.2) is 16.0 Å². The molecule has 1 heterocycles. The molecule has 1 aromatic heterocycles. The summed E-state index contributed by atoms with van der Waals surface area (Å²) in [7, 11) is 0. The van der Waals surface area contributed by atoms with E-state index in [0.29, 0.717) is 22.9 Å². The number of aryl methyl sites for hydroxylation is 2. The van der Waals surface area contributed by atoms with Crippen molar-refractivity contribution in [3.8, 4) is 0 Å². The number of halogens is 1. The second-order valence-electron chi connectivity index (χ2n) is 7.30.